The van der Waals surface area contributed by atoms with Gasteiger partial charge in [0.15, 0.2) is 0 Å². The number of halogens is 1. The highest BCUT2D eigenvalue weighted by atomic mass is 35.5. The van der Waals surface area contributed by atoms with Crippen molar-refractivity contribution in [2.24, 2.45) is 5.92 Å². The van der Waals surface area contributed by atoms with Gasteiger partial charge >= 0.3 is 0 Å². The number of fused-ring (bicyclic) bond motifs is 1. The van der Waals surface area contributed by atoms with Crippen LogP contribution in [0, 0.1) is 5.92 Å². The van der Waals surface area contributed by atoms with Crippen LogP contribution in [0.3, 0.4) is 0 Å². The molecule has 0 radical (unpaired) electrons. The van der Waals surface area contributed by atoms with Gasteiger partial charge in [0, 0.05) is 49.9 Å². The first-order valence-electron chi connectivity index (χ1n) is 8.17. The highest BCUT2D eigenvalue weighted by Crippen LogP contribution is 2.15. The van der Waals surface area contributed by atoms with Gasteiger partial charge in [-0.3, -0.25) is 14.5 Å². The molecule has 0 unspecified atom stereocenters. The molecule has 0 bridgehead atoms. The fourth-order valence-corrected chi connectivity index (χ4v) is 3.12. The predicted octanol–water partition coefficient (Wildman–Crippen LogP) is 2.36. The van der Waals surface area contributed by atoms with E-state index in [4.69, 9.17) is 0 Å². The summed E-state index contributed by atoms with van der Waals surface area (Å²) in [6.45, 7) is 8.94. The first-order chi connectivity index (χ1) is 11.0. The van der Waals surface area contributed by atoms with Gasteiger partial charge < -0.3 is 9.88 Å². The van der Waals surface area contributed by atoms with E-state index in [1.165, 1.54) is 6.07 Å². The van der Waals surface area contributed by atoms with Crippen molar-refractivity contribution in [2.75, 3.05) is 32.7 Å². The minimum atomic E-state index is -0.127. The molecule has 1 aliphatic heterocycles. The third kappa shape index (κ3) is 4.16. The number of hydrogen-bond acceptors (Lipinski definition) is 3. The van der Waals surface area contributed by atoms with E-state index < -0.39 is 0 Å². The zero-order valence-electron chi connectivity index (χ0n) is 14.1. The summed E-state index contributed by atoms with van der Waals surface area (Å²) in [6, 6.07) is 8.70. The predicted molar refractivity (Wildman–Crippen MR) is 99.0 cm³/mol. The number of rotatable bonds is 3. The van der Waals surface area contributed by atoms with Crippen LogP contribution in [0.5, 0.6) is 0 Å². The Balaban J connectivity index is 0.00000208. The van der Waals surface area contributed by atoms with Crippen molar-refractivity contribution in [1.82, 2.24) is 14.8 Å². The lowest BCUT2D eigenvalue weighted by Gasteiger charge is -2.35. The molecule has 0 aliphatic carbocycles. The summed E-state index contributed by atoms with van der Waals surface area (Å²) in [6.07, 6.45) is 0. The molecule has 0 atom stereocenters. The average molecular weight is 350 g/mol. The zero-order valence-corrected chi connectivity index (χ0v) is 14.9. The van der Waals surface area contributed by atoms with E-state index in [0.29, 0.717) is 11.5 Å². The molecule has 24 heavy (non-hydrogen) atoms. The number of carbonyl (C=O) groups is 1. The van der Waals surface area contributed by atoms with Crippen LogP contribution in [0.2, 0.25) is 0 Å². The number of aromatic nitrogens is 1. The Bertz CT molecular complexity index is 764. The van der Waals surface area contributed by atoms with Gasteiger partial charge in [0.2, 0.25) is 5.56 Å². The minimum Gasteiger partial charge on any atom is -0.336 e. The van der Waals surface area contributed by atoms with Crippen LogP contribution >= 0.6 is 12.4 Å². The second kappa shape index (κ2) is 7.81. The molecule has 6 heteroatoms. The summed E-state index contributed by atoms with van der Waals surface area (Å²) in [4.78, 5) is 31.1. The van der Waals surface area contributed by atoms with Gasteiger partial charge in [0.25, 0.3) is 5.91 Å². The maximum absolute atomic E-state index is 12.7. The molecule has 1 N–H and O–H groups in total. The first-order valence-corrected chi connectivity index (χ1v) is 8.17. The molecular formula is C18H24ClN3O2. The lowest BCUT2D eigenvalue weighted by molar-refractivity contribution is 0.0624. The van der Waals surface area contributed by atoms with Crippen molar-refractivity contribution in [3.63, 3.8) is 0 Å². The first kappa shape index (κ1) is 18.5. The van der Waals surface area contributed by atoms with E-state index in [1.807, 2.05) is 11.0 Å². The Hall–Kier alpha value is -1.85. The molecule has 3 rings (SSSR count). The van der Waals surface area contributed by atoms with Crippen LogP contribution in [-0.2, 0) is 0 Å². The molecule has 1 aromatic heterocycles. The van der Waals surface area contributed by atoms with E-state index in [2.05, 4.69) is 23.7 Å². The van der Waals surface area contributed by atoms with Crippen LogP contribution in [0.1, 0.15) is 24.2 Å². The van der Waals surface area contributed by atoms with Crippen molar-refractivity contribution < 1.29 is 4.79 Å². The highest BCUT2D eigenvalue weighted by molar-refractivity contribution is 5.98. The number of H-pyrrole nitrogens is 1. The molecule has 0 spiro atoms. The number of aromatic amines is 1. The van der Waals surface area contributed by atoms with Gasteiger partial charge in [-0.1, -0.05) is 13.8 Å². The molecule has 2 aromatic rings. The van der Waals surface area contributed by atoms with Crippen LogP contribution in [0.15, 0.2) is 35.1 Å². The quantitative estimate of drug-likeness (QED) is 0.925. The van der Waals surface area contributed by atoms with Crippen LogP contribution in [-0.4, -0.2) is 53.4 Å². The van der Waals surface area contributed by atoms with Gasteiger partial charge in [0.05, 0.1) is 0 Å². The zero-order chi connectivity index (χ0) is 16.4. The van der Waals surface area contributed by atoms with Crippen molar-refractivity contribution in [3.05, 3.63) is 46.2 Å². The van der Waals surface area contributed by atoms with E-state index in [0.717, 1.165) is 43.6 Å². The highest BCUT2D eigenvalue weighted by Gasteiger charge is 2.22. The number of piperazine rings is 1. The Labute approximate surface area is 148 Å². The second-order valence-electron chi connectivity index (χ2n) is 6.61. The minimum absolute atomic E-state index is 0. The summed E-state index contributed by atoms with van der Waals surface area (Å²) in [5, 5.41) is 0.883. The van der Waals surface area contributed by atoms with Crippen molar-refractivity contribution in [1.29, 1.82) is 0 Å². The monoisotopic (exact) mass is 349 g/mol. The topological polar surface area (TPSA) is 56.4 Å². The summed E-state index contributed by atoms with van der Waals surface area (Å²) in [5.74, 6) is 0.724. The Kier molecular flexibility index (Phi) is 6.02. The number of nitrogens with zero attached hydrogens (tertiary/aromatic N) is 2. The maximum atomic E-state index is 12.7. The van der Waals surface area contributed by atoms with Gasteiger partial charge in [-0.2, -0.15) is 0 Å². The summed E-state index contributed by atoms with van der Waals surface area (Å²) >= 11 is 0. The third-order valence-corrected chi connectivity index (χ3v) is 4.25. The molecule has 130 valence electrons. The average Bonchev–Trinajstić information content (AvgIpc) is 2.54. The summed E-state index contributed by atoms with van der Waals surface area (Å²) in [5.41, 5.74) is 1.32. The van der Waals surface area contributed by atoms with Gasteiger partial charge in [0.1, 0.15) is 0 Å². The molecule has 1 saturated heterocycles. The van der Waals surface area contributed by atoms with E-state index in [1.54, 1.807) is 18.2 Å². The Morgan fingerprint density at radius 1 is 1.12 bits per heavy atom. The van der Waals surface area contributed by atoms with E-state index in [-0.39, 0.29) is 23.9 Å². The Morgan fingerprint density at radius 2 is 1.83 bits per heavy atom. The number of benzene rings is 1. The number of pyridine rings is 1. The summed E-state index contributed by atoms with van der Waals surface area (Å²) < 4.78 is 0. The molecule has 1 fully saturated rings. The van der Waals surface area contributed by atoms with Gasteiger partial charge in [-0.25, -0.2) is 0 Å². The number of nitrogens with one attached hydrogen (secondary N) is 1. The van der Waals surface area contributed by atoms with Crippen LogP contribution in [0.25, 0.3) is 10.9 Å². The number of amides is 1. The molecule has 0 saturated carbocycles. The number of carbonyl (C=O) groups excluding carboxylic acids is 1. The lowest BCUT2D eigenvalue weighted by Crippen LogP contribution is -2.49. The molecule has 1 amide bonds. The molecule has 5 nitrogen and oxygen atoms in total. The Morgan fingerprint density at radius 3 is 2.50 bits per heavy atom. The molecule has 2 heterocycles. The van der Waals surface area contributed by atoms with Gasteiger partial charge in [-0.05, 0) is 35.6 Å². The normalized spacial score (nSPS) is 15.5. The fourth-order valence-electron chi connectivity index (χ4n) is 3.12. The fraction of sp³-hybridized carbons (Fsp3) is 0.444. The van der Waals surface area contributed by atoms with E-state index in [9.17, 15) is 9.59 Å². The number of hydrogen-bond donors (Lipinski definition) is 1. The van der Waals surface area contributed by atoms with Crippen LogP contribution in [0.4, 0.5) is 0 Å². The SMILES string of the molecule is CC(C)CN1CCN(C(=O)c2ccc3[nH]c(=O)ccc3c2)CC1.Cl. The molecular weight excluding hydrogens is 326 g/mol. The largest absolute Gasteiger partial charge is 0.336 e. The van der Waals surface area contributed by atoms with Crippen LogP contribution < -0.4 is 5.56 Å². The molecule has 1 aliphatic rings. The molecule has 1 aromatic carbocycles. The van der Waals surface area contributed by atoms with Crippen molar-refractivity contribution >= 4 is 29.2 Å². The maximum Gasteiger partial charge on any atom is 0.253 e. The van der Waals surface area contributed by atoms with Crippen molar-refractivity contribution in [3.8, 4) is 0 Å². The summed E-state index contributed by atoms with van der Waals surface area (Å²) in [7, 11) is 0. The van der Waals surface area contributed by atoms with Gasteiger partial charge in [-0.15, -0.1) is 12.4 Å². The van der Waals surface area contributed by atoms with Crippen molar-refractivity contribution in [2.45, 2.75) is 13.8 Å². The standard InChI is InChI=1S/C18H23N3O2.ClH/c1-13(2)12-20-7-9-21(10-8-20)18(23)15-3-5-16-14(11-15)4-6-17(22)19-16;/h3-6,11,13H,7-10,12H2,1-2H3,(H,19,22);1H. The third-order valence-electron chi connectivity index (χ3n) is 4.25. The van der Waals surface area contributed by atoms with E-state index >= 15 is 0 Å². The smallest absolute Gasteiger partial charge is 0.253 e. The lowest BCUT2D eigenvalue weighted by atomic mass is 10.1. The second-order valence-corrected chi connectivity index (χ2v) is 6.61.